The van der Waals surface area contributed by atoms with Gasteiger partial charge in [-0.05, 0) is 0 Å². The minimum atomic E-state index is -3.89. The number of hydrogen-bond donors (Lipinski definition) is 1. The molecule has 17 heavy (non-hydrogen) atoms. The van der Waals surface area contributed by atoms with Crippen LogP contribution < -0.4 is 10.0 Å². The van der Waals surface area contributed by atoms with Gasteiger partial charge in [-0.15, -0.1) is 0 Å². The Morgan fingerprint density at radius 1 is 1.53 bits per heavy atom. The molecule has 1 saturated heterocycles. The molecule has 96 valence electrons. The van der Waals surface area contributed by atoms with Gasteiger partial charge in [-0.3, -0.25) is 4.18 Å². The highest BCUT2D eigenvalue weighted by Gasteiger charge is 2.15. The second-order valence-corrected chi connectivity index (χ2v) is 5.78. The molecule has 0 aromatic carbocycles. The summed E-state index contributed by atoms with van der Waals surface area (Å²) in [6.45, 7) is 2.89. The summed E-state index contributed by atoms with van der Waals surface area (Å²) in [5.41, 5.74) is 0. The molecule has 2 rings (SSSR count). The molecular formula is C8H13N3O4S2. The van der Waals surface area contributed by atoms with Crippen molar-refractivity contribution in [3.8, 4) is 0 Å². The van der Waals surface area contributed by atoms with Crippen molar-refractivity contribution < 1.29 is 17.3 Å². The summed E-state index contributed by atoms with van der Waals surface area (Å²) in [6.07, 6.45) is 1.60. The first kappa shape index (κ1) is 12.7. The predicted octanol–water partition coefficient (Wildman–Crippen LogP) is -0.300. The molecular weight excluding hydrogens is 266 g/mol. The molecule has 9 heteroatoms. The van der Waals surface area contributed by atoms with Crippen molar-refractivity contribution in [3.63, 3.8) is 0 Å². The van der Waals surface area contributed by atoms with Gasteiger partial charge in [-0.2, -0.15) is 8.42 Å². The van der Waals surface area contributed by atoms with E-state index in [2.05, 4.69) is 14.1 Å². The Hall–Kier alpha value is -0.740. The van der Waals surface area contributed by atoms with Crippen LogP contribution in [0.15, 0.2) is 6.20 Å². The van der Waals surface area contributed by atoms with Crippen LogP contribution >= 0.6 is 11.3 Å². The molecule has 0 aliphatic carbocycles. The first-order valence-corrected chi connectivity index (χ1v) is 7.28. The van der Waals surface area contributed by atoms with Gasteiger partial charge in [0.05, 0.1) is 18.1 Å². The SMILES string of the molecule is NS(=O)(=O)OCc1cnc(N2CCOCC2)s1. The minimum Gasteiger partial charge on any atom is -0.378 e. The maximum absolute atomic E-state index is 10.6. The van der Waals surface area contributed by atoms with Crippen LogP contribution in [-0.4, -0.2) is 39.7 Å². The number of rotatable bonds is 4. The summed E-state index contributed by atoms with van der Waals surface area (Å²) in [5, 5.41) is 5.59. The summed E-state index contributed by atoms with van der Waals surface area (Å²) in [7, 11) is -3.89. The van der Waals surface area contributed by atoms with E-state index in [0.29, 0.717) is 13.2 Å². The van der Waals surface area contributed by atoms with Crippen LogP contribution in [0.25, 0.3) is 0 Å². The molecule has 1 aliphatic heterocycles. The van der Waals surface area contributed by atoms with Crippen LogP contribution in [0, 0.1) is 0 Å². The summed E-state index contributed by atoms with van der Waals surface area (Å²) in [5.74, 6) is 0. The highest BCUT2D eigenvalue weighted by Crippen LogP contribution is 2.23. The van der Waals surface area contributed by atoms with Crippen LogP contribution in [0.2, 0.25) is 0 Å². The lowest BCUT2D eigenvalue weighted by Crippen LogP contribution is -2.36. The number of anilines is 1. The van der Waals surface area contributed by atoms with Gasteiger partial charge in [0.2, 0.25) is 0 Å². The average Bonchev–Trinajstić information content (AvgIpc) is 2.75. The van der Waals surface area contributed by atoms with Crippen molar-refractivity contribution in [1.82, 2.24) is 4.98 Å². The van der Waals surface area contributed by atoms with E-state index in [1.807, 2.05) is 0 Å². The third-order valence-corrected chi connectivity index (χ3v) is 3.67. The molecule has 2 N–H and O–H groups in total. The van der Waals surface area contributed by atoms with Gasteiger partial charge < -0.3 is 9.64 Å². The lowest BCUT2D eigenvalue weighted by atomic mass is 10.5. The van der Waals surface area contributed by atoms with Gasteiger partial charge in [0, 0.05) is 19.3 Å². The van der Waals surface area contributed by atoms with Crippen LogP contribution in [0.5, 0.6) is 0 Å². The van der Waals surface area contributed by atoms with Gasteiger partial charge >= 0.3 is 10.3 Å². The fourth-order valence-corrected chi connectivity index (χ4v) is 2.65. The first-order valence-electron chi connectivity index (χ1n) is 4.99. The largest absolute Gasteiger partial charge is 0.378 e. The number of nitrogens with two attached hydrogens (primary N) is 1. The summed E-state index contributed by atoms with van der Waals surface area (Å²) in [6, 6.07) is 0. The Bertz CT molecular complexity index is 467. The van der Waals surface area contributed by atoms with Gasteiger partial charge in [0.1, 0.15) is 6.61 Å². The third kappa shape index (κ3) is 3.89. The predicted molar refractivity (Wildman–Crippen MR) is 63.0 cm³/mol. The van der Waals surface area contributed by atoms with Gasteiger partial charge in [0.25, 0.3) is 0 Å². The van der Waals surface area contributed by atoms with E-state index in [1.165, 1.54) is 11.3 Å². The van der Waals surface area contributed by atoms with Crippen LogP contribution in [0.4, 0.5) is 5.13 Å². The van der Waals surface area contributed by atoms with E-state index in [9.17, 15) is 8.42 Å². The van der Waals surface area contributed by atoms with Gasteiger partial charge in [-0.25, -0.2) is 10.1 Å². The molecule has 0 amide bonds. The molecule has 0 unspecified atom stereocenters. The second-order valence-electron chi connectivity index (χ2n) is 3.46. The molecule has 0 bridgehead atoms. The normalized spacial score (nSPS) is 17.4. The van der Waals surface area contributed by atoms with Crippen molar-refractivity contribution in [2.24, 2.45) is 5.14 Å². The number of nitrogens with zero attached hydrogens (tertiary/aromatic N) is 2. The number of thiazole rings is 1. The minimum absolute atomic E-state index is 0.0686. The Balaban J connectivity index is 1.95. The number of aromatic nitrogens is 1. The van der Waals surface area contributed by atoms with E-state index < -0.39 is 10.3 Å². The summed E-state index contributed by atoms with van der Waals surface area (Å²) < 4.78 is 31.0. The Kier molecular flexibility index (Phi) is 3.94. The highest BCUT2D eigenvalue weighted by atomic mass is 32.2. The monoisotopic (exact) mass is 279 g/mol. The maximum atomic E-state index is 10.6. The Morgan fingerprint density at radius 3 is 2.88 bits per heavy atom. The van der Waals surface area contributed by atoms with E-state index in [0.717, 1.165) is 23.1 Å². The number of hydrogen-bond acceptors (Lipinski definition) is 7. The Labute approximate surface area is 103 Å². The first-order chi connectivity index (χ1) is 8.04. The zero-order chi connectivity index (χ0) is 12.3. The molecule has 1 aromatic heterocycles. The number of ether oxygens (including phenoxy) is 1. The fourth-order valence-electron chi connectivity index (χ4n) is 1.40. The molecule has 7 nitrogen and oxygen atoms in total. The zero-order valence-corrected chi connectivity index (χ0v) is 10.7. The number of morpholine rings is 1. The molecule has 1 aliphatic rings. The Morgan fingerprint density at radius 2 is 2.24 bits per heavy atom. The average molecular weight is 279 g/mol. The highest BCUT2D eigenvalue weighted by molar-refractivity contribution is 7.84. The summed E-state index contributed by atoms with van der Waals surface area (Å²) >= 11 is 1.39. The van der Waals surface area contributed by atoms with Gasteiger partial charge in [-0.1, -0.05) is 11.3 Å². The van der Waals surface area contributed by atoms with Crippen molar-refractivity contribution in [1.29, 1.82) is 0 Å². The third-order valence-electron chi connectivity index (χ3n) is 2.19. The van der Waals surface area contributed by atoms with Crippen molar-refractivity contribution in [3.05, 3.63) is 11.1 Å². The lowest BCUT2D eigenvalue weighted by molar-refractivity contribution is 0.122. The van der Waals surface area contributed by atoms with E-state index in [4.69, 9.17) is 9.88 Å². The molecule has 0 atom stereocenters. The van der Waals surface area contributed by atoms with E-state index in [-0.39, 0.29) is 6.61 Å². The molecule has 2 heterocycles. The zero-order valence-electron chi connectivity index (χ0n) is 9.03. The van der Waals surface area contributed by atoms with Crippen LogP contribution in [0.3, 0.4) is 0 Å². The van der Waals surface area contributed by atoms with Crippen LogP contribution in [-0.2, 0) is 25.8 Å². The van der Waals surface area contributed by atoms with Crippen molar-refractivity contribution >= 4 is 26.8 Å². The molecule has 0 radical (unpaired) electrons. The molecule has 1 aromatic rings. The summed E-state index contributed by atoms with van der Waals surface area (Å²) in [4.78, 5) is 7.03. The van der Waals surface area contributed by atoms with E-state index >= 15 is 0 Å². The van der Waals surface area contributed by atoms with Gasteiger partial charge in [0.15, 0.2) is 5.13 Å². The topological polar surface area (TPSA) is 94.8 Å². The maximum Gasteiger partial charge on any atom is 0.333 e. The standard InChI is InChI=1S/C8H13N3O4S2/c9-17(12,13)15-6-7-5-10-8(16-7)11-1-3-14-4-2-11/h5H,1-4,6H2,(H2,9,12,13). The van der Waals surface area contributed by atoms with Crippen molar-refractivity contribution in [2.75, 3.05) is 31.2 Å². The lowest BCUT2D eigenvalue weighted by Gasteiger charge is -2.25. The fraction of sp³-hybridized carbons (Fsp3) is 0.625. The van der Waals surface area contributed by atoms with Crippen molar-refractivity contribution in [2.45, 2.75) is 6.61 Å². The molecule has 0 spiro atoms. The van der Waals surface area contributed by atoms with E-state index in [1.54, 1.807) is 6.20 Å². The smallest absolute Gasteiger partial charge is 0.333 e. The molecule has 0 saturated carbocycles. The second kappa shape index (κ2) is 5.27. The van der Waals surface area contributed by atoms with Crippen LogP contribution in [0.1, 0.15) is 4.88 Å². The molecule has 1 fully saturated rings. The quantitative estimate of drug-likeness (QED) is 0.813.